The Labute approximate surface area is 110 Å². The Balaban J connectivity index is 1.94. The average molecular weight is 247 g/mol. The van der Waals surface area contributed by atoms with Crippen LogP contribution < -0.4 is 5.73 Å². The number of pyridine rings is 1. The summed E-state index contributed by atoms with van der Waals surface area (Å²) in [5.41, 5.74) is 8.38. The fourth-order valence-corrected chi connectivity index (χ4v) is 2.77. The van der Waals surface area contributed by atoms with Gasteiger partial charge >= 0.3 is 0 Å². The van der Waals surface area contributed by atoms with Crippen LogP contribution in [0, 0.1) is 6.92 Å². The van der Waals surface area contributed by atoms with Gasteiger partial charge in [-0.2, -0.15) is 0 Å². The lowest BCUT2D eigenvalue weighted by molar-refractivity contribution is 0.148. The van der Waals surface area contributed by atoms with Crippen LogP contribution in [0.1, 0.15) is 43.9 Å². The van der Waals surface area contributed by atoms with Crippen molar-refractivity contribution in [2.24, 2.45) is 5.73 Å². The highest BCUT2D eigenvalue weighted by atomic mass is 15.2. The molecule has 0 unspecified atom stereocenters. The summed E-state index contributed by atoms with van der Waals surface area (Å²) in [6, 6.07) is 5.41. The predicted octanol–water partition coefficient (Wildman–Crippen LogP) is 2.48. The molecule has 3 heteroatoms. The largest absolute Gasteiger partial charge is 0.328 e. The second-order valence-electron chi connectivity index (χ2n) is 5.46. The van der Waals surface area contributed by atoms with Crippen molar-refractivity contribution in [1.29, 1.82) is 0 Å². The molecule has 1 aliphatic rings. The Hall–Kier alpha value is -0.930. The van der Waals surface area contributed by atoms with Crippen LogP contribution >= 0.6 is 0 Å². The first-order valence-electron chi connectivity index (χ1n) is 7.10. The van der Waals surface area contributed by atoms with Crippen LogP contribution in [0.25, 0.3) is 0 Å². The van der Waals surface area contributed by atoms with E-state index in [2.05, 4.69) is 35.9 Å². The van der Waals surface area contributed by atoms with Crippen LogP contribution in [0.2, 0.25) is 0 Å². The van der Waals surface area contributed by atoms with Crippen molar-refractivity contribution >= 4 is 0 Å². The molecule has 0 amide bonds. The maximum atomic E-state index is 5.98. The molecule has 0 radical (unpaired) electrons. The highest BCUT2D eigenvalue weighted by Gasteiger charge is 2.23. The zero-order valence-corrected chi connectivity index (χ0v) is 11.6. The minimum absolute atomic E-state index is 0.428. The molecule has 0 aliphatic heterocycles. The van der Waals surface area contributed by atoms with Crippen molar-refractivity contribution in [3.63, 3.8) is 0 Å². The summed E-state index contributed by atoms with van der Waals surface area (Å²) in [6.45, 7) is 6.38. The van der Waals surface area contributed by atoms with Gasteiger partial charge in [0.2, 0.25) is 0 Å². The summed E-state index contributed by atoms with van der Waals surface area (Å²) in [5, 5.41) is 0. The molecule has 2 rings (SSSR count). The van der Waals surface area contributed by atoms with E-state index in [1.807, 2.05) is 6.20 Å². The zero-order chi connectivity index (χ0) is 13.0. The number of hydrogen-bond acceptors (Lipinski definition) is 3. The monoisotopic (exact) mass is 247 g/mol. The van der Waals surface area contributed by atoms with Crippen LogP contribution in [0.5, 0.6) is 0 Å². The van der Waals surface area contributed by atoms with Gasteiger partial charge in [0.15, 0.2) is 0 Å². The van der Waals surface area contributed by atoms with Crippen LogP contribution in [0.4, 0.5) is 0 Å². The fraction of sp³-hybridized carbons (Fsp3) is 0.667. The number of aromatic nitrogens is 1. The van der Waals surface area contributed by atoms with Crippen molar-refractivity contribution in [1.82, 2.24) is 9.88 Å². The molecule has 0 atom stereocenters. The first-order valence-corrected chi connectivity index (χ1v) is 7.10. The molecule has 1 aromatic rings. The maximum absolute atomic E-state index is 5.98. The van der Waals surface area contributed by atoms with Gasteiger partial charge in [0.1, 0.15) is 0 Å². The van der Waals surface area contributed by atoms with Crippen LogP contribution in [0.15, 0.2) is 18.3 Å². The summed E-state index contributed by atoms with van der Waals surface area (Å²) in [4.78, 5) is 7.05. The second-order valence-corrected chi connectivity index (χ2v) is 5.46. The van der Waals surface area contributed by atoms with Crippen molar-refractivity contribution in [3.8, 4) is 0 Å². The minimum atomic E-state index is 0.428. The molecule has 1 aliphatic carbocycles. The minimum Gasteiger partial charge on any atom is -0.328 e. The smallest absolute Gasteiger partial charge is 0.0544 e. The van der Waals surface area contributed by atoms with E-state index in [1.54, 1.807) is 0 Å². The second kappa shape index (κ2) is 6.30. The Kier molecular flexibility index (Phi) is 4.72. The van der Waals surface area contributed by atoms with E-state index in [9.17, 15) is 0 Å². The number of aryl methyl sites for hydroxylation is 1. The molecular weight excluding hydrogens is 222 g/mol. The molecular formula is C15H25N3. The normalized spacial score (nSPS) is 24.4. The lowest BCUT2D eigenvalue weighted by atomic mass is 9.90. The molecule has 1 fully saturated rings. The lowest BCUT2D eigenvalue weighted by Gasteiger charge is -2.35. The fourth-order valence-electron chi connectivity index (χ4n) is 2.77. The molecule has 0 spiro atoms. The SMILES string of the molecule is CCN(Cc1ccc(C)cn1)C1CCC(N)CC1. The highest BCUT2D eigenvalue weighted by molar-refractivity contribution is 5.12. The first kappa shape index (κ1) is 13.5. The molecule has 100 valence electrons. The molecule has 0 saturated heterocycles. The third-order valence-corrected chi connectivity index (χ3v) is 4.00. The zero-order valence-electron chi connectivity index (χ0n) is 11.6. The molecule has 18 heavy (non-hydrogen) atoms. The summed E-state index contributed by atoms with van der Waals surface area (Å²) in [5.74, 6) is 0. The van der Waals surface area contributed by atoms with E-state index >= 15 is 0 Å². The van der Waals surface area contributed by atoms with E-state index in [0.29, 0.717) is 12.1 Å². The summed E-state index contributed by atoms with van der Waals surface area (Å²) in [7, 11) is 0. The van der Waals surface area contributed by atoms with Crippen LogP contribution in [-0.4, -0.2) is 28.5 Å². The van der Waals surface area contributed by atoms with Gasteiger partial charge in [-0.1, -0.05) is 13.0 Å². The van der Waals surface area contributed by atoms with E-state index in [1.165, 1.54) is 36.9 Å². The van der Waals surface area contributed by atoms with Gasteiger partial charge in [-0.15, -0.1) is 0 Å². The average Bonchev–Trinajstić information content (AvgIpc) is 2.39. The van der Waals surface area contributed by atoms with Gasteiger partial charge in [0.25, 0.3) is 0 Å². The van der Waals surface area contributed by atoms with E-state index < -0.39 is 0 Å². The van der Waals surface area contributed by atoms with Crippen LogP contribution in [0.3, 0.4) is 0 Å². The van der Waals surface area contributed by atoms with Crippen LogP contribution in [-0.2, 0) is 6.54 Å². The number of nitrogens with zero attached hydrogens (tertiary/aromatic N) is 2. The third kappa shape index (κ3) is 3.53. The lowest BCUT2D eigenvalue weighted by Crippen LogP contribution is -2.40. The molecule has 1 heterocycles. The quantitative estimate of drug-likeness (QED) is 0.889. The molecule has 0 aromatic carbocycles. The molecule has 2 N–H and O–H groups in total. The Morgan fingerprint density at radius 2 is 2.00 bits per heavy atom. The van der Waals surface area contributed by atoms with Gasteiger partial charge in [0, 0.05) is 24.8 Å². The summed E-state index contributed by atoms with van der Waals surface area (Å²) in [6.07, 6.45) is 6.77. The Bertz CT molecular complexity index is 353. The Morgan fingerprint density at radius 1 is 1.28 bits per heavy atom. The van der Waals surface area contributed by atoms with E-state index in [0.717, 1.165) is 13.1 Å². The van der Waals surface area contributed by atoms with Crippen molar-refractivity contribution < 1.29 is 0 Å². The standard InChI is InChI=1S/C15H25N3/c1-3-18(15-8-5-13(16)6-9-15)11-14-7-4-12(2)10-17-14/h4,7,10,13,15H,3,5-6,8-9,11,16H2,1-2H3. The van der Waals surface area contributed by atoms with Crippen molar-refractivity contribution in [2.45, 2.75) is 58.2 Å². The highest BCUT2D eigenvalue weighted by Crippen LogP contribution is 2.23. The first-order chi connectivity index (χ1) is 8.69. The summed E-state index contributed by atoms with van der Waals surface area (Å²) < 4.78 is 0. The molecule has 0 bridgehead atoms. The van der Waals surface area contributed by atoms with E-state index in [4.69, 9.17) is 5.73 Å². The Morgan fingerprint density at radius 3 is 2.56 bits per heavy atom. The number of rotatable bonds is 4. The molecule has 1 saturated carbocycles. The summed E-state index contributed by atoms with van der Waals surface area (Å²) >= 11 is 0. The molecule has 1 aromatic heterocycles. The van der Waals surface area contributed by atoms with Gasteiger partial charge in [-0.3, -0.25) is 9.88 Å². The number of nitrogens with two attached hydrogens (primary N) is 1. The third-order valence-electron chi connectivity index (χ3n) is 4.00. The predicted molar refractivity (Wildman–Crippen MR) is 75.3 cm³/mol. The van der Waals surface area contributed by atoms with Gasteiger partial charge < -0.3 is 5.73 Å². The van der Waals surface area contributed by atoms with Gasteiger partial charge in [-0.25, -0.2) is 0 Å². The topological polar surface area (TPSA) is 42.2 Å². The van der Waals surface area contributed by atoms with Crippen molar-refractivity contribution in [2.75, 3.05) is 6.54 Å². The van der Waals surface area contributed by atoms with Gasteiger partial charge in [0.05, 0.1) is 5.69 Å². The number of hydrogen-bond donors (Lipinski definition) is 1. The van der Waals surface area contributed by atoms with Crippen molar-refractivity contribution in [3.05, 3.63) is 29.6 Å². The molecule has 3 nitrogen and oxygen atoms in total. The van der Waals surface area contributed by atoms with E-state index in [-0.39, 0.29) is 0 Å². The van der Waals surface area contributed by atoms with Gasteiger partial charge in [-0.05, 0) is 50.8 Å². The maximum Gasteiger partial charge on any atom is 0.0544 e.